The van der Waals surface area contributed by atoms with E-state index in [2.05, 4.69) is 22.5 Å². The number of carboxylic acid groups (broad SMARTS) is 1. The molecule has 6 nitrogen and oxygen atoms in total. The van der Waals surface area contributed by atoms with Gasteiger partial charge in [0.05, 0.1) is 29.6 Å². The fraction of sp³-hybridized carbons (Fsp3) is 0.0370. The molecule has 0 aliphatic heterocycles. The SMILES string of the molecule is O=C(O)c1ccccc1NC(=O)c1ccc(C#Cc2ccccc2)cc1NCc1ccco1. The van der Waals surface area contributed by atoms with E-state index in [1.807, 2.05) is 36.4 Å². The Bertz CT molecular complexity index is 1330. The van der Waals surface area contributed by atoms with Crippen molar-refractivity contribution in [3.05, 3.63) is 119 Å². The molecule has 0 aliphatic carbocycles. The first-order valence-electron chi connectivity index (χ1n) is 10.2. The minimum atomic E-state index is -1.12. The van der Waals surface area contributed by atoms with Gasteiger partial charge in [0.1, 0.15) is 5.76 Å². The molecule has 1 heterocycles. The van der Waals surface area contributed by atoms with Gasteiger partial charge in [-0.15, -0.1) is 0 Å². The summed E-state index contributed by atoms with van der Waals surface area (Å²) in [6.45, 7) is 0.370. The van der Waals surface area contributed by atoms with E-state index in [1.165, 1.54) is 6.07 Å². The van der Waals surface area contributed by atoms with E-state index in [0.717, 1.165) is 11.1 Å². The van der Waals surface area contributed by atoms with Crippen LogP contribution in [0.4, 0.5) is 11.4 Å². The normalized spacial score (nSPS) is 10.1. The van der Waals surface area contributed by atoms with Crippen molar-refractivity contribution >= 4 is 23.3 Å². The van der Waals surface area contributed by atoms with Crippen LogP contribution in [0, 0.1) is 11.8 Å². The van der Waals surface area contributed by atoms with Gasteiger partial charge in [-0.2, -0.15) is 0 Å². The summed E-state index contributed by atoms with van der Waals surface area (Å²) in [7, 11) is 0. The molecule has 3 aromatic carbocycles. The number of hydrogen-bond acceptors (Lipinski definition) is 4. The van der Waals surface area contributed by atoms with Crippen LogP contribution in [0.2, 0.25) is 0 Å². The highest BCUT2D eigenvalue weighted by Gasteiger charge is 2.16. The standard InChI is InChI=1S/C27H20N2O4/c30-26(29-24-11-5-4-10-23(24)27(31)32)22-15-14-20(13-12-19-7-2-1-3-8-19)17-25(22)28-18-21-9-6-16-33-21/h1-11,14-17,28H,18H2,(H,29,30)(H,31,32). The Morgan fingerprint density at radius 3 is 2.30 bits per heavy atom. The molecule has 6 heteroatoms. The number of anilines is 2. The number of carbonyl (C=O) groups excluding carboxylic acids is 1. The summed E-state index contributed by atoms with van der Waals surface area (Å²) in [5.41, 5.74) is 2.75. The average molecular weight is 436 g/mol. The zero-order chi connectivity index (χ0) is 23.0. The van der Waals surface area contributed by atoms with Crippen molar-refractivity contribution in [1.29, 1.82) is 0 Å². The highest BCUT2D eigenvalue weighted by molar-refractivity contribution is 6.10. The summed E-state index contributed by atoms with van der Waals surface area (Å²) >= 11 is 0. The Hall–Kier alpha value is -4.76. The molecule has 0 spiro atoms. The first-order valence-corrected chi connectivity index (χ1v) is 10.2. The van der Waals surface area contributed by atoms with E-state index in [-0.39, 0.29) is 11.3 Å². The number of rotatable bonds is 6. The molecule has 1 aromatic heterocycles. The zero-order valence-corrected chi connectivity index (χ0v) is 17.5. The van der Waals surface area contributed by atoms with Gasteiger partial charge in [-0.1, -0.05) is 42.2 Å². The summed E-state index contributed by atoms with van der Waals surface area (Å²) in [6.07, 6.45) is 1.58. The number of aromatic carboxylic acids is 1. The smallest absolute Gasteiger partial charge is 0.337 e. The number of nitrogens with one attached hydrogen (secondary N) is 2. The third-order valence-corrected chi connectivity index (χ3v) is 4.83. The van der Waals surface area contributed by atoms with Crippen molar-refractivity contribution in [1.82, 2.24) is 0 Å². The Labute approximate surface area is 190 Å². The maximum atomic E-state index is 13.1. The minimum absolute atomic E-state index is 0.0151. The van der Waals surface area contributed by atoms with Gasteiger partial charge >= 0.3 is 5.97 Å². The van der Waals surface area contributed by atoms with Gasteiger partial charge in [-0.3, -0.25) is 4.79 Å². The summed E-state index contributed by atoms with van der Waals surface area (Å²) in [5.74, 6) is 5.37. The largest absolute Gasteiger partial charge is 0.478 e. The monoisotopic (exact) mass is 436 g/mol. The van der Waals surface area contributed by atoms with E-state index in [9.17, 15) is 14.7 Å². The molecule has 4 aromatic rings. The van der Waals surface area contributed by atoms with Crippen molar-refractivity contribution in [2.24, 2.45) is 0 Å². The van der Waals surface area contributed by atoms with Crippen LogP contribution in [-0.2, 0) is 6.54 Å². The Kier molecular flexibility index (Phi) is 6.53. The molecule has 0 aliphatic rings. The van der Waals surface area contributed by atoms with Crippen LogP contribution < -0.4 is 10.6 Å². The number of carbonyl (C=O) groups is 2. The van der Waals surface area contributed by atoms with Crippen molar-refractivity contribution < 1.29 is 19.1 Å². The lowest BCUT2D eigenvalue weighted by molar-refractivity contribution is 0.0698. The first kappa shape index (κ1) is 21.5. The second kappa shape index (κ2) is 10.0. The van der Waals surface area contributed by atoms with E-state index < -0.39 is 11.9 Å². The molecule has 33 heavy (non-hydrogen) atoms. The summed E-state index contributed by atoms with van der Waals surface area (Å²) in [4.78, 5) is 24.5. The summed E-state index contributed by atoms with van der Waals surface area (Å²) < 4.78 is 5.37. The molecule has 1 amide bonds. The molecule has 0 saturated carbocycles. The lowest BCUT2D eigenvalue weighted by atomic mass is 10.1. The minimum Gasteiger partial charge on any atom is -0.478 e. The van der Waals surface area contributed by atoms with Crippen LogP contribution in [0.25, 0.3) is 0 Å². The number of para-hydroxylation sites is 1. The summed E-state index contributed by atoms with van der Waals surface area (Å²) in [5, 5.41) is 15.3. The van der Waals surface area contributed by atoms with Crippen LogP contribution in [0.3, 0.4) is 0 Å². The van der Waals surface area contributed by atoms with Crippen molar-refractivity contribution in [3.63, 3.8) is 0 Å². The molecule has 0 radical (unpaired) electrons. The highest BCUT2D eigenvalue weighted by atomic mass is 16.4. The van der Waals surface area contributed by atoms with Crippen molar-refractivity contribution in [3.8, 4) is 11.8 Å². The molecule has 162 valence electrons. The molecule has 4 rings (SSSR count). The first-order chi connectivity index (χ1) is 16.1. The van der Waals surface area contributed by atoms with Crippen LogP contribution in [0.15, 0.2) is 95.6 Å². The molecular formula is C27H20N2O4. The fourth-order valence-corrected chi connectivity index (χ4v) is 3.20. The molecular weight excluding hydrogens is 416 g/mol. The highest BCUT2D eigenvalue weighted by Crippen LogP contribution is 2.22. The van der Waals surface area contributed by atoms with Crippen LogP contribution in [0.5, 0.6) is 0 Å². The van der Waals surface area contributed by atoms with Gasteiger partial charge < -0.3 is 20.2 Å². The lowest BCUT2D eigenvalue weighted by Gasteiger charge is -2.13. The Balaban J connectivity index is 1.63. The second-order valence-electron chi connectivity index (χ2n) is 7.11. The third-order valence-electron chi connectivity index (χ3n) is 4.83. The van der Waals surface area contributed by atoms with E-state index in [0.29, 0.717) is 23.6 Å². The molecule has 0 saturated heterocycles. The van der Waals surface area contributed by atoms with E-state index >= 15 is 0 Å². The van der Waals surface area contributed by atoms with Crippen LogP contribution in [-0.4, -0.2) is 17.0 Å². The number of hydrogen-bond donors (Lipinski definition) is 3. The number of amides is 1. The van der Waals surface area contributed by atoms with Crippen LogP contribution in [0.1, 0.15) is 37.6 Å². The maximum Gasteiger partial charge on any atom is 0.337 e. The van der Waals surface area contributed by atoms with Crippen molar-refractivity contribution in [2.75, 3.05) is 10.6 Å². The third kappa shape index (κ3) is 5.49. The Morgan fingerprint density at radius 2 is 1.55 bits per heavy atom. The van der Waals surface area contributed by atoms with Gasteiger partial charge in [0.25, 0.3) is 5.91 Å². The van der Waals surface area contributed by atoms with Gasteiger partial charge in [-0.05, 0) is 54.6 Å². The topological polar surface area (TPSA) is 91.6 Å². The predicted molar refractivity (Wildman–Crippen MR) is 126 cm³/mol. The fourth-order valence-electron chi connectivity index (χ4n) is 3.20. The van der Waals surface area contributed by atoms with Gasteiger partial charge in [-0.25, -0.2) is 4.79 Å². The molecule has 0 bridgehead atoms. The quantitative estimate of drug-likeness (QED) is 0.360. The average Bonchev–Trinajstić information content (AvgIpc) is 3.36. The zero-order valence-electron chi connectivity index (χ0n) is 17.5. The van der Waals surface area contributed by atoms with Gasteiger partial charge in [0.15, 0.2) is 0 Å². The van der Waals surface area contributed by atoms with Gasteiger partial charge in [0.2, 0.25) is 0 Å². The lowest BCUT2D eigenvalue weighted by Crippen LogP contribution is -2.17. The molecule has 0 unspecified atom stereocenters. The number of furan rings is 1. The Morgan fingerprint density at radius 1 is 0.788 bits per heavy atom. The molecule has 0 atom stereocenters. The molecule has 0 fully saturated rings. The maximum absolute atomic E-state index is 13.1. The molecule has 3 N–H and O–H groups in total. The number of benzene rings is 3. The van der Waals surface area contributed by atoms with Crippen LogP contribution >= 0.6 is 0 Å². The van der Waals surface area contributed by atoms with E-state index in [1.54, 1.807) is 48.7 Å². The van der Waals surface area contributed by atoms with Crippen molar-refractivity contribution in [2.45, 2.75) is 6.54 Å². The van der Waals surface area contributed by atoms with E-state index in [4.69, 9.17) is 4.42 Å². The predicted octanol–water partition coefficient (Wildman–Crippen LogP) is 5.24. The second-order valence-corrected chi connectivity index (χ2v) is 7.11. The number of carboxylic acids is 1. The summed E-state index contributed by atoms with van der Waals surface area (Å²) in [6, 6.07) is 24.7. The van der Waals surface area contributed by atoms with Gasteiger partial charge in [0, 0.05) is 16.8 Å².